The summed E-state index contributed by atoms with van der Waals surface area (Å²) in [4.78, 5) is 42.4. The van der Waals surface area contributed by atoms with Crippen LogP contribution in [0.3, 0.4) is 0 Å². The largest absolute Gasteiger partial charge is 0.364 e. The number of ketones is 1. The lowest BCUT2D eigenvalue weighted by Gasteiger charge is -2.02. The number of amides is 2. The summed E-state index contributed by atoms with van der Waals surface area (Å²) < 4.78 is 0. The average Bonchev–Trinajstić information content (AvgIpc) is 3.29. The van der Waals surface area contributed by atoms with Gasteiger partial charge in [-0.05, 0) is 13.0 Å². The number of carbonyl (C=O) groups excluding carboxylic acids is 3. The van der Waals surface area contributed by atoms with Crippen molar-refractivity contribution in [2.24, 2.45) is 5.73 Å². The minimum Gasteiger partial charge on any atom is -0.364 e. The lowest BCUT2D eigenvalue weighted by atomic mass is 10.1. The van der Waals surface area contributed by atoms with Crippen molar-refractivity contribution in [2.45, 2.75) is 19.8 Å². The third kappa shape index (κ3) is 4.68. The van der Waals surface area contributed by atoms with Crippen LogP contribution < -0.4 is 11.1 Å². The molecule has 2 heterocycles. The average molecular weight is 382 g/mol. The van der Waals surface area contributed by atoms with Gasteiger partial charge in [-0.15, -0.1) is 11.3 Å². The molecule has 1 aromatic carbocycles. The minimum atomic E-state index is -0.553. The summed E-state index contributed by atoms with van der Waals surface area (Å²) in [7, 11) is 0. The van der Waals surface area contributed by atoms with Crippen LogP contribution >= 0.6 is 11.3 Å². The Balaban J connectivity index is 1.55. The maximum absolute atomic E-state index is 12.1. The number of benzene rings is 1. The molecule has 2 amide bonds. The van der Waals surface area contributed by atoms with E-state index in [4.69, 9.17) is 5.73 Å². The molecule has 0 aliphatic heterocycles. The quantitative estimate of drug-likeness (QED) is 0.544. The fourth-order valence-corrected chi connectivity index (χ4v) is 3.18. The van der Waals surface area contributed by atoms with E-state index < -0.39 is 5.91 Å². The third-order valence-corrected chi connectivity index (χ3v) is 4.71. The standard InChI is InChI=1S/C19H18N4O3S/c1-11-2-4-12(5-3-11)16(24)6-7-17(25)23-19-22-15(10-27-19)13-8-14(18(20)26)21-9-13/h2-5,8-10,21H,6-7H2,1H3,(H2,20,26)(H,22,23,25). The number of aromatic amines is 1. The topological polar surface area (TPSA) is 118 Å². The number of nitrogens with two attached hydrogens (primary N) is 1. The zero-order chi connectivity index (χ0) is 19.4. The number of hydrogen-bond acceptors (Lipinski definition) is 5. The molecule has 3 rings (SSSR count). The van der Waals surface area contributed by atoms with E-state index in [-0.39, 0.29) is 24.5 Å². The molecule has 3 aromatic rings. The van der Waals surface area contributed by atoms with Gasteiger partial charge in [0, 0.05) is 35.5 Å². The lowest BCUT2D eigenvalue weighted by molar-refractivity contribution is -0.116. The smallest absolute Gasteiger partial charge is 0.265 e. The molecule has 0 bridgehead atoms. The highest BCUT2D eigenvalue weighted by Crippen LogP contribution is 2.25. The first-order valence-electron chi connectivity index (χ1n) is 8.26. The number of aromatic nitrogens is 2. The summed E-state index contributed by atoms with van der Waals surface area (Å²) in [5, 5.41) is 4.89. The molecule has 0 saturated carbocycles. The lowest BCUT2D eigenvalue weighted by Crippen LogP contribution is -2.13. The summed E-state index contributed by atoms with van der Waals surface area (Å²) in [6.45, 7) is 1.95. The highest BCUT2D eigenvalue weighted by atomic mass is 32.1. The van der Waals surface area contributed by atoms with Crippen LogP contribution in [0.1, 0.15) is 39.3 Å². The molecule has 0 radical (unpaired) electrons. The molecule has 0 aliphatic carbocycles. The summed E-state index contributed by atoms with van der Waals surface area (Å²) in [5.74, 6) is -0.900. The van der Waals surface area contributed by atoms with E-state index in [9.17, 15) is 14.4 Å². The third-order valence-electron chi connectivity index (χ3n) is 3.95. The summed E-state index contributed by atoms with van der Waals surface area (Å²) in [6.07, 6.45) is 1.84. The van der Waals surface area contributed by atoms with Gasteiger partial charge in [0.1, 0.15) is 5.69 Å². The van der Waals surface area contributed by atoms with Crippen molar-refractivity contribution in [3.8, 4) is 11.3 Å². The first kappa shape index (κ1) is 18.5. The van der Waals surface area contributed by atoms with Crippen LogP contribution in [-0.2, 0) is 4.79 Å². The maximum atomic E-state index is 12.1. The molecule has 0 aliphatic rings. The maximum Gasteiger partial charge on any atom is 0.265 e. The van der Waals surface area contributed by atoms with Gasteiger partial charge in [0.2, 0.25) is 5.91 Å². The van der Waals surface area contributed by atoms with Crippen LogP contribution in [0, 0.1) is 6.92 Å². The Bertz CT molecular complexity index is 989. The van der Waals surface area contributed by atoms with Crippen LogP contribution in [0.5, 0.6) is 0 Å². The van der Waals surface area contributed by atoms with Crippen LogP contribution in [0.15, 0.2) is 41.9 Å². The summed E-state index contributed by atoms with van der Waals surface area (Å²) in [6, 6.07) is 8.87. The van der Waals surface area contributed by atoms with Gasteiger partial charge in [-0.1, -0.05) is 29.8 Å². The van der Waals surface area contributed by atoms with Crippen molar-refractivity contribution in [3.63, 3.8) is 0 Å². The molecule has 8 heteroatoms. The Kier molecular flexibility index (Phi) is 5.46. The number of carbonyl (C=O) groups is 3. The van der Waals surface area contributed by atoms with Crippen molar-refractivity contribution in [1.29, 1.82) is 0 Å². The number of thiazole rings is 1. The van der Waals surface area contributed by atoms with E-state index >= 15 is 0 Å². The Labute approximate surface area is 159 Å². The van der Waals surface area contributed by atoms with Gasteiger partial charge in [0.15, 0.2) is 10.9 Å². The van der Waals surface area contributed by atoms with E-state index in [0.29, 0.717) is 27.6 Å². The number of nitrogens with zero attached hydrogens (tertiary/aromatic N) is 1. The van der Waals surface area contributed by atoms with Gasteiger partial charge in [-0.2, -0.15) is 0 Å². The first-order valence-corrected chi connectivity index (χ1v) is 9.14. The van der Waals surface area contributed by atoms with Crippen LogP contribution in [0.25, 0.3) is 11.3 Å². The second kappa shape index (κ2) is 7.96. The monoisotopic (exact) mass is 382 g/mol. The molecule has 4 N–H and O–H groups in total. The molecule has 0 saturated heterocycles. The fraction of sp³-hybridized carbons (Fsp3) is 0.158. The van der Waals surface area contributed by atoms with Crippen molar-refractivity contribution in [2.75, 3.05) is 5.32 Å². The Morgan fingerprint density at radius 1 is 1.19 bits per heavy atom. The molecule has 0 atom stereocenters. The number of Topliss-reactive ketones (excluding diaryl/α,β-unsaturated/α-hetero) is 1. The van der Waals surface area contributed by atoms with E-state index in [1.165, 1.54) is 11.3 Å². The van der Waals surface area contributed by atoms with Crippen LogP contribution in [-0.4, -0.2) is 27.6 Å². The molecule has 27 heavy (non-hydrogen) atoms. The van der Waals surface area contributed by atoms with Gasteiger partial charge in [-0.3, -0.25) is 14.4 Å². The number of nitrogens with one attached hydrogen (secondary N) is 2. The van der Waals surface area contributed by atoms with E-state index in [1.807, 2.05) is 19.1 Å². The van der Waals surface area contributed by atoms with Crippen LogP contribution in [0.4, 0.5) is 5.13 Å². The Morgan fingerprint density at radius 3 is 2.59 bits per heavy atom. The highest BCUT2D eigenvalue weighted by Gasteiger charge is 2.13. The highest BCUT2D eigenvalue weighted by molar-refractivity contribution is 7.14. The number of primary amides is 1. The SMILES string of the molecule is Cc1ccc(C(=O)CCC(=O)Nc2nc(-c3c[nH]c(C(N)=O)c3)cs2)cc1. The summed E-state index contributed by atoms with van der Waals surface area (Å²) >= 11 is 1.26. The first-order chi connectivity index (χ1) is 12.9. The predicted molar refractivity (Wildman–Crippen MR) is 104 cm³/mol. The molecular formula is C19H18N4O3S. The van der Waals surface area contributed by atoms with Gasteiger partial charge in [-0.25, -0.2) is 4.98 Å². The van der Waals surface area contributed by atoms with E-state index in [1.54, 1.807) is 29.8 Å². The van der Waals surface area contributed by atoms with Crippen molar-refractivity contribution in [1.82, 2.24) is 9.97 Å². The molecule has 2 aromatic heterocycles. The second-order valence-electron chi connectivity index (χ2n) is 6.04. The van der Waals surface area contributed by atoms with Crippen molar-refractivity contribution < 1.29 is 14.4 Å². The molecule has 138 valence electrons. The Hall–Kier alpha value is -3.26. The Morgan fingerprint density at radius 2 is 1.93 bits per heavy atom. The normalized spacial score (nSPS) is 10.6. The second-order valence-corrected chi connectivity index (χ2v) is 6.90. The molecule has 0 unspecified atom stereocenters. The molecule has 0 spiro atoms. The zero-order valence-electron chi connectivity index (χ0n) is 14.6. The number of rotatable bonds is 7. The number of anilines is 1. The minimum absolute atomic E-state index is 0.0729. The summed E-state index contributed by atoms with van der Waals surface area (Å²) in [5.41, 5.74) is 8.50. The zero-order valence-corrected chi connectivity index (χ0v) is 15.4. The van der Waals surface area contributed by atoms with Gasteiger partial charge >= 0.3 is 0 Å². The van der Waals surface area contributed by atoms with E-state index in [2.05, 4.69) is 15.3 Å². The van der Waals surface area contributed by atoms with Gasteiger partial charge in [0.25, 0.3) is 5.91 Å². The number of H-pyrrole nitrogens is 1. The van der Waals surface area contributed by atoms with Crippen molar-refractivity contribution in [3.05, 3.63) is 58.7 Å². The molecule has 0 fully saturated rings. The molecular weight excluding hydrogens is 364 g/mol. The fourth-order valence-electron chi connectivity index (χ4n) is 2.44. The van der Waals surface area contributed by atoms with Gasteiger partial charge in [0.05, 0.1) is 5.69 Å². The number of hydrogen-bond donors (Lipinski definition) is 3. The number of aryl methyl sites for hydroxylation is 1. The predicted octanol–water partition coefficient (Wildman–Crippen LogP) is 3.15. The van der Waals surface area contributed by atoms with E-state index in [0.717, 1.165) is 5.56 Å². The van der Waals surface area contributed by atoms with Crippen LogP contribution in [0.2, 0.25) is 0 Å². The van der Waals surface area contributed by atoms with Crippen molar-refractivity contribution >= 4 is 34.1 Å². The molecule has 7 nitrogen and oxygen atoms in total. The van der Waals surface area contributed by atoms with Gasteiger partial charge < -0.3 is 16.0 Å².